The fourth-order valence-electron chi connectivity index (χ4n) is 1.98. The van der Waals surface area contributed by atoms with Gasteiger partial charge in [0.05, 0.1) is 27.6 Å². The molecule has 1 aromatic heterocycles. The van der Waals surface area contributed by atoms with Crippen LogP contribution in [0.3, 0.4) is 0 Å². The van der Waals surface area contributed by atoms with Gasteiger partial charge in [0.1, 0.15) is 0 Å². The molecule has 0 saturated heterocycles. The van der Waals surface area contributed by atoms with Crippen LogP contribution in [0.2, 0.25) is 0 Å². The summed E-state index contributed by atoms with van der Waals surface area (Å²) in [5.41, 5.74) is 1.46. The van der Waals surface area contributed by atoms with Crippen molar-refractivity contribution in [3.05, 3.63) is 15.9 Å². The number of aliphatic hydroxyl groups is 1. The van der Waals surface area contributed by atoms with Crippen LogP contribution >= 0.6 is 15.9 Å². The Kier molecular flexibility index (Phi) is 5.37. The number of ether oxygens (including phenoxy) is 1. The summed E-state index contributed by atoms with van der Waals surface area (Å²) in [4.78, 5) is 0. The molecule has 2 atom stereocenters. The number of methoxy groups -OCH3 is 1. The fourth-order valence-corrected chi connectivity index (χ4v) is 2.42. The molecule has 1 N–H and O–H groups in total. The molecule has 4 nitrogen and oxygen atoms in total. The second kappa shape index (κ2) is 6.17. The van der Waals surface area contributed by atoms with Crippen LogP contribution in [0.4, 0.5) is 0 Å². The van der Waals surface area contributed by atoms with Crippen LogP contribution in [0.25, 0.3) is 0 Å². The van der Waals surface area contributed by atoms with Crippen LogP contribution in [0.15, 0.2) is 4.47 Å². The first-order valence-electron chi connectivity index (χ1n) is 6.34. The van der Waals surface area contributed by atoms with E-state index in [2.05, 4.69) is 21.0 Å². The highest BCUT2D eigenvalue weighted by molar-refractivity contribution is 9.10. The normalized spacial score (nSPS) is 16.6. The number of aliphatic hydroxyl groups excluding tert-OH is 1. The van der Waals surface area contributed by atoms with Crippen LogP contribution in [-0.4, -0.2) is 33.7 Å². The third kappa shape index (κ3) is 2.95. The molecule has 0 bridgehead atoms. The van der Waals surface area contributed by atoms with Crippen LogP contribution in [-0.2, 0) is 17.7 Å². The third-order valence-electron chi connectivity index (χ3n) is 3.71. The van der Waals surface area contributed by atoms with Gasteiger partial charge >= 0.3 is 0 Å². The van der Waals surface area contributed by atoms with E-state index >= 15 is 0 Å². The van der Waals surface area contributed by atoms with Gasteiger partial charge in [-0.2, -0.15) is 5.10 Å². The predicted molar refractivity (Wildman–Crippen MR) is 75.8 cm³/mol. The summed E-state index contributed by atoms with van der Waals surface area (Å²) >= 11 is 3.55. The summed E-state index contributed by atoms with van der Waals surface area (Å²) in [6.45, 7) is 8.76. The van der Waals surface area contributed by atoms with Gasteiger partial charge in [-0.1, -0.05) is 6.92 Å². The molecule has 104 valence electrons. The van der Waals surface area contributed by atoms with Crippen molar-refractivity contribution in [2.45, 2.75) is 58.8 Å². The zero-order valence-electron chi connectivity index (χ0n) is 11.8. The van der Waals surface area contributed by atoms with Gasteiger partial charge in [0, 0.05) is 20.1 Å². The molecule has 0 aliphatic heterocycles. The largest absolute Gasteiger partial charge is 0.390 e. The second-order valence-electron chi connectivity index (χ2n) is 4.75. The van der Waals surface area contributed by atoms with E-state index in [1.807, 2.05) is 32.4 Å². The van der Waals surface area contributed by atoms with Gasteiger partial charge in [-0.3, -0.25) is 4.68 Å². The summed E-state index contributed by atoms with van der Waals surface area (Å²) in [7, 11) is 1.64. The van der Waals surface area contributed by atoms with Crippen molar-refractivity contribution >= 4 is 15.9 Å². The molecule has 0 amide bonds. The minimum Gasteiger partial charge on any atom is -0.390 e. The van der Waals surface area contributed by atoms with Crippen molar-refractivity contribution in [3.8, 4) is 0 Å². The van der Waals surface area contributed by atoms with E-state index in [1.54, 1.807) is 7.11 Å². The molecule has 0 saturated carbocycles. The van der Waals surface area contributed by atoms with Gasteiger partial charge < -0.3 is 9.84 Å². The van der Waals surface area contributed by atoms with Gasteiger partial charge in [0.2, 0.25) is 0 Å². The summed E-state index contributed by atoms with van der Waals surface area (Å²) < 4.78 is 8.36. The van der Waals surface area contributed by atoms with Gasteiger partial charge in [-0.25, -0.2) is 0 Å². The zero-order chi connectivity index (χ0) is 13.9. The number of hydrogen-bond acceptors (Lipinski definition) is 3. The van der Waals surface area contributed by atoms with Crippen molar-refractivity contribution in [3.63, 3.8) is 0 Å². The van der Waals surface area contributed by atoms with Crippen LogP contribution in [0.5, 0.6) is 0 Å². The Morgan fingerprint density at radius 3 is 2.56 bits per heavy atom. The Hall–Kier alpha value is -0.390. The smallest absolute Gasteiger partial charge is 0.0909 e. The topological polar surface area (TPSA) is 47.3 Å². The third-order valence-corrected chi connectivity index (χ3v) is 4.74. The first kappa shape index (κ1) is 15.7. The zero-order valence-corrected chi connectivity index (χ0v) is 13.4. The van der Waals surface area contributed by atoms with Crippen molar-refractivity contribution in [2.24, 2.45) is 0 Å². The average Bonchev–Trinajstić information content (AvgIpc) is 2.65. The molecule has 18 heavy (non-hydrogen) atoms. The summed E-state index contributed by atoms with van der Waals surface area (Å²) in [5.74, 6) is 0. The minimum atomic E-state index is -0.551. The lowest BCUT2D eigenvalue weighted by atomic mass is 9.92. The summed E-state index contributed by atoms with van der Waals surface area (Å²) in [5, 5.41) is 14.8. The number of rotatable bonds is 6. The molecule has 0 aliphatic rings. The Bertz CT molecular complexity index is 400. The highest BCUT2D eigenvalue weighted by Crippen LogP contribution is 2.27. The Labute approximate surface area is 117 Å². The molecule has 0 spiro atoms. The maximum atomic E-state index is 10.4. The monoisotopic (exact) mass is 318 g/mol. The van der Waals surface area contributed by atoms with E-state index in [4.69, 9.17) is 4.74 Å². The number of halogens is 1. The lowest BCUT2D eigenvalue weighted by Crippen LogP contribution is -2.42. The molecule has 2 unspecified atom stereocenters. The lowest BCUT2D eigenvalue weighted by molar-refractivity contribution is -0.0920. The van der Waals surface area contributed by atoms with Gasteiger partial charge in [-0.05, 0) is 43.1 Å². The van der Waals surface area contributed by atoms with E-state index in [0.29, 0.717) is 6.42 Å². The SMILES string of the molecule is CCn1nc(C)c(Br)c1CC(O)C(C)(CC)OC. The van der Waals surface area contributed by atoms with E-state index < -0.39 is 11.7 Å². The highest BCUT2D eigenvalue weighted by Gasteiger charge is 2.32. The van der Waals surface area contributed by atoms with Crippen molar-refractivity contribution in [1.29, 1.82) is 0 Å². The molecule has 1 heterocycles. The van der Waals surface area contributed by atoms with Crippen LogP contribution in [0.1, 0.15) is 38.6 Å². The number of nitrogens with zero attached hydrogens (tertiary/aromatic N) is 2. The quantitative estimate of drug-likeness (QED) is 0.877. The molecule has 0 aromatic carbocycles. The predicted octanol–water partition coefficient (Wildman–Crippen LogP) is 2.69. The van der Waals surface area contributed by atoms with Gasteiger partial charge in [0.25, 0.3) is 0 Å². The van der Waals surface area contributed by atoms with E-state index in [-0.39, 0.29) is 0 Å². The fraction of sp³-hybridized carbons (Fsp3) is 0.769. The summed E-state index contributed by atoms with van der Waals surface area (Å²) in [6.07, 6.45) is 0.750. The molecule has 1 rings (SSSR count). The van der Waals surface area contributed by atoms with E-state index in [9.17, 15) is 5.11 Å². The average molecular weight is 319 g/mol. The van der Waals surface area contributed by atoms with Crippen molar-refractivity contribution < 1.29 is 9.84 Å². The van der Waals surface area contributed by atoms with Crippen molar-refractivity contribution in [1.82, 2.24) is 9.78 Å². The Morgan fingerprint density at radius 2 is 2.11 bits per heavy atom. The first-order chi connectivity index (χ1) is 8.39. The van der Waals surface area contributed by atoms with Crippen LogP contribution in [0, 0.1) is 6.92 Å². The highest BCUT2D eigenvalue weighted by atomic mass is 79.9. The summed E-state index contributed by atoms with van der Waals surface area (Å²) in [6, 6.07) is 0. The molecule has 5 heteroatoms. The number of aromatic nitrogens is 2. The van der Waals surface area contributed by atoms with Crippen LogP contribution < -0.4 is 0 Å². The Morgan fingerprint density at radius 1 is 1.50 bits per heavy atom. The molecule has 0 fully saturated rings. The first-order valence-corrected chi connectivity index (χ1v) is 7.13. The number of aryl methyl sites for hydroxylation is 2. The molecule has 0 aliphatic carbocycles. The lowest BCUT2D eigenvalue weighted by Gasteiger charge is -2.32. The van der Waals surface area contributed by atoms with E-state index in [0.717, 1.165) is 28.8 Å². The van der Waals surface area contributed by atoms with Gasteiger partial charge in [0.15, 0.2) is 0 Å². The maximum Gasteiger partial charge on any atom is 0.0909 e. The molecular formula is C13H23BrN2O2. The molecular weight excluding hydrogens is 296 g/mol. The minimum absolute atomic E-state index is 0.518. The van der Waals surface area contributed by atoms with Gasteiger partial charge in [-0.15, -0.1) is 0 Å². The molecule has 1 aromatic rings. The number of hydrogen-bond donors (Lipinski definition) is 1. The van der Waals surface area contributed by atoms with Crippen molar-refractivity contribution in [2.75, 3.05) is 7.11 Å². The standard InChI is InChI=1S/C13H23BrN2O2/c1-6-13(4,18-5)11(17)8-10-12(14)9(3)15-16(10)7-2/h11,17H,6-8H2,1-5H3. The second-order valence-corrected chi connectivity index (χ2v) is 5.55. The van der Waals surface area contributed by atoms with E-state index in [1.165, 1.54) is 0 Å². The maximum absolute atomic E-state index is 10.4. The Balaban J connectivity index is 2.97. The molecule has 0 radical (unpaired) electrons.